The Labute approximate surface area is 111 Å². The topological polar surface area (TPSA) is 78.9 Å². The molecule has 0 fully saturated rings. The number of carbonyl (C=O) groups is 2. The molecule has 0 unspecified atom stereocenters. The predicted molar refractivity (Wildman–Crippen MR) is 72.9 cm³/mol. The number of rotatable bonds is 5. The summed E-state index contributed by atoms with van der Waals surface area (Å²) in [6.07, 6.45) is 0.839. The molecule has 1 aromatic rings. The summed E-state index contributed by atoms with van der Waals surface area (Å²) in [6.45, 7) is 3.55. The average molecular weight is 264 g/mol. The Kier molecular flexibility index (Phi) is 4.93. The third kappa shape index (κ3) is 4.02. The molecular formula is C13H16N2O4. The van der Waals surface area contributed by atoms with Gasteiger partial charge in [0.05, 0.1) is 16.9 Å². The maximum absolute atomic E-state index is 11.4. The Morgan fingerprint density at radius 1 is 1.47 bits per heavy atom. The number of amides is 1. The zero-order valence-electron chi connectivity index (χ0n) is 10.8. The van der Waals surface area contributed by atoms with Crippen LogP contribution in [-0.4, -0.2) is 37.9 Å². The lowest BCUT2D eigenvalue weighted by molar-refractivity contribution is 0.0697. The molecule has 0 spiro atoms. The van der Waals surface area contributed by atoms with E-state index in [1.165, 1.54) is 24.3 Å². The predicted octanol–water partition coefficient (Wildman–Crippen LogP) is 2.19. The van der Waals surface area contributed by atoms with Gasteiger partial charge in [-0.15, -0.1) is 0 Å². The van der Waals surface area contributed by atoms with E-state index in [0.29, 0.717) is 11.4 Å². The Balaban J connectivity index is 2.97. The molecule has 6 nitrogen and oxygen atoms in total. The minimum Gasteiger partial charge on any atom is -0.478 e. The minimum atomic E-state index is -1.02. The number of anilines is 2. The van der Waals surface area contributed by atoms with Crippen LogP contribution < -0.4 is 10.2 Å². The lowest BCUT2D eigenvalue weighted by atomic mass is 10.1. The van der Waals surface area contributed by atoms with Crippen molar-refractivity contribution in [3.8, 4) is 0 Å². The molecule has 19 heavy (non-hydrogen) atoms. The molecule has 0 aliphatic carbocycles. The summed E-state index contributed by atoms with van der Waals surface area (Å²) in [6, 6.07) is 4.41. The van der Waals surface area contributed by atoms with E-state index in [4.69, 9.17) is 9.84 Å². The van der Waals surface area contributed by atoms with Crippen LogP contribution in [0.15, 0.2) is 30.9 Å². The van der Waals surface area contributed by atoms with Crippen molar-refractivity contribution >= 4 is 23.4 Å². The summed E-state index contributed by atoms with van der Waals surface area (Å²) in [5, 5.41) is 11.5. The van der Waals surface area contributed by atoms with Gasteiger partial charge in [0.15, 0.2) is 0 Å². The van der Waals surface area contributed by atoms with Gasteiger partial charge >= 0.3 is 12.1 Å². The van der Waals surface area contributed by atoms with Gasteiger partial charge in [-0.3, -0.25) is 5.32 Å². The van der Waals surface area contributed by atoms with E-state index >= 15 is 0 Å². The third-order valence-electron chi connectivity index (χ3n) is 2.30. The van der Waals surface area contributed by atoms with Crippen LogP contribution in [0, 0.1) is 0 Å². The lowest BCUT2D eigenvalue weighted by Gasteiger charge is -2.18. The van der Waals surface area contributed by atoms with Crippen molar-refractivity contribution in [1.82, 2.24) is 0 Å². The highest BCUT2D eigenvalue weighted by Gasteiger charge is 2.12. The van der Waals surface area contributed by atoms with E-state index in [2.05, 4.69) is 11.9 Å². The average Bonchev–Trinajstić information content (AvgIpc) is 2.36. The molecular weight excluding hydrogens is 248 g/mol. The van der Waals surface area contributed by atoms with Gasteiger partial charge in [0, 0.05) is 14.1 Å². The highest BCUT2D eigenvalue weighted by atomic mass is 16.5. The third-order valence-corrected chi connectivity index (χ3v) is 2.30. The molecule has 0 bridgehead atoms. The SMILES string of the molecule is C=CCOC(=O)Nc1ccc(C(=O)O)cc1N(C)C. The van der Waals surface area contributed by atoms with E-state index in [1.807, 2.05) is 0 Å². The Morgan fingerprint density at radius 3 is 2.68 bits per heavy atom. The van der Waals surface area contributed by atoms with Crippen LogP contribution in [0.3, 0.4) is 0 Å². The Morgan fingerprint density at radius 2 is 2.16 bits per heavy atom. The van der Waals surface area contributed by atoms with Crippen molar-refractivity contribution in [3.63, 3.8) is 0 Å². The molecule has 0 aliphatic heterocycles. The quantitative estimate of drug-likeness (QED) is 0.797. The summed E-state index contributed by atoms with van der Waals surface area (Å²) >= 11 is 0. The number of nitrogens with zero attached hydrogens (tertiary/aromatic N) is 1. The molecule has 1 amide bonds. The number of hydrogen-bond donors (Lipinski definition) is 2. The van der Waals surface area contributed by atoms with Crippen molar-refractivity contribution in [1.29, 1.82) is 0 Å². The maximum atomic E-state index is 11.4. The smallest absolute Gasteiger partial charge is 0.412 e. The first kappa shape index (κ1) is 14.6. The van der Waals surface area contributed by atoms with Gasteiger partial charge in [0.2, 0.25) is 0 Å². The maximum Gasteiger partial charge on any atom is 0.412 e. The van der Waals surface area contributed by atoms with E-state index in [9.17, 15) is 9.59 Å². The number of carboxylic acid groups (broad SMARTS) is 1. The first-order valence-electron chi connectivity index (χ1n) is 5.55. The molecule has 1 aromatic carbocycles. The number of benzene rings is 1. The van der Waals surface area contributed by atoms with Gasteiger partial charge < -0.3 is 14.7 Å². The van der Waals surface area contributed by atoms with Gasteiger partial charge in [-0.1, -0.05) is 12.7 Å². The minimum absolute atomic E-state index is 0.107. The molecule has 6 heteroatoms. The van der Waals surface area contributed by atoms with Crippen LogP contribution in [0.5, 0.6) is 0 Å². The zero-order valence-corrected chi connectivity index (χ0v) is 10.8. The van der Waals surface area contributed by atoms with Crippen LogP contribution in [0.4, 0.5) is 16.2 Å². The number of carboxylic acids is 1. The van der Waals surface area contributed by atoms with Crippen LogP contribution >= 0.6 is 0 Å². The Hall–Kier alpha value is -2.50. The van der Waals surface area contributed by atoms with Crippen LogP contribution in [-0.2, 0) is 4.74 Å². The van der Waals surface area contributed by atoms with Gasteiger partial charge in [-0.25, -0.2) is 9.59 Å². The molecule has 0 saturated heterocycles. The fraction of sp³-hybridized carbons (Fsp3) is 0.231. The number of aromatic carboxylic acids is 1. The number of hydrogen-bond acceptors (Lipinski definition) is 4. The monoisotopic (exact) mass is 264 g/mol. The molecule has 0 atom stereocenters. The number of ether oxygens (including phenoxy) is 1. The van der Waals surface area contributed by atoms with E-state index < -0.39 is 12.1 Å². The highest BCUT2D eigenvalue weighted by molar-refractivity contribution is 5.94. The van der Waals surface area contributed by atoms with E-state index in [0.717, 1.165) is 0 Å². The molecule has 0 aliphatic rings. The molecule has 0 saturated carbocycles. The second-order valence-corrected chi connectivity index (χ2v) is 3.94. The van der Waals surface area contributed by atoms with Gasteiger partial charge in [0.25, 0.3) is 0 Å². The van der Waals surface area contributed by atoms with Gasteiger partial charge in [-0.2, -0.15) is 0 Å². The lowest BCUT2D eigenvalue weighted by Crippen LogP contribution is -2.18. The Bertz CT molecular complexity index is 497. The summed E-state index contributed by atoms with van der Waals surface area (Å²) in [5.41, 5.74) is 1.20. The summed E-state index contributed by atoms with van der Waals surface area (Å²) in [7, 11) is 3.50. The van der Waals surface area contributed by atoms with Crippen LogP contribution in [0.1, 0.15) is 10.4 Å². The molecule has 102 valence electrons. The summed E-state index contributed by atoms with van der Waals surface area (Å²) in [4.78, 5) is 24.1. The van der Waals surface area contributed by atoms with Crippen LogP contribution in [0.25, 0.3) is 0 Å². The van der Waals surface area contributed by atoms with Crippen molar-refractivity contribution < 1.29 is 19.4 Å². The molecule has 0 aromatic heterocycles. The van der Waals surface area contributed by atoms with E-state index in [1.54, 1.807) is 19.0 Å². The van der Waals surface area contributed by atoms with E-state index in [-0.39, 0.29) is 12.2 Å². The highest BCUT2D eigenvalue weighted by Crippen LogP contribution is 2.26. The second kappa shape index (κ2) is 6.44. The normalized spacial score (nSPS) is 9.58. The van der Waals surface area contributed by atoms with Crippen molar-refractivity contribution in [3.05, 3.63) is 36.4 Å². The van der Waals surface area contributed by atoms with Gasteiger partial charge in [0.1, 0.15) is 6.61 Å². The summed E-state index contributed by atoms with van der Waals surface area (Å²) < 4.78 is 4.80. The molecule has 0 radical (unpaired) electrons. The second-order valence-electron chi connectivity index (χ2n) is 3.94. The summed E-state index contributed by atoms with van der Waals surface area (Å²) in [5.74, 6) is -1.02. The van der Waals surface area contributed by atoms with Crippen molar-refractivity contribution in [2.24, 2.45) is 0 Å². The molecule has 1 rings (SSSR count). The fourth-order valence-electron chi connectivity index (χ4n) is 1.42. The zero-order chi connectivity index (χ0) is 14.4. The van der Waals surface area contributed by atoms with Crippen LogP contribution in [0.2, 0.25) is 0 Å². The van der Waals surface area contributed by atoms with Gasteiger partial charge in [-0.05, 0) is 18.2 Å². The number of carbonyl (C=O) groups excluding carboxylic acids is 1. The van der Waals surface area contributed by atoms with Crippen molar-refractivity contribution in [2.45, 2.75) is 0 Å². The fourth-order valence-corrected chi connectivity index (χ4v) is 1.42. The van der Waals surface area contributed by atoms with Crippen molar-refractivity contribution in [2.75, 3.05) is 30.9 Å². The largest absolute Gasteiger partial charge is 0.478 e. The first-order valence-corrected chi connectivity index (χ1v) is 5.55. The standard InChI is InChI=1S/C13H16N2O4/c1-4-7-19-13(18)14-10-6-5-9(12(16)17)8-11(10)15(2)3/h4-6,8H,1,7H2,2-3H3,(H,14,18)(H,16,17). The number of nitrogens with one attached hydrogen (secondary N) is 1. The molecule has 2 N–H and O–H groups in total. The first-order chi connectivity index (χ1) is 8.95. The molecule has 0 heterocycles.